The van der Waals surface area contributed by atoms with Crippen LogP contribution >= 0.6 is 0 Å². The molecule has 0 radical (unpaired) electrons. The second kappa shape index (κ2) is 7.54. The maximum absolute atomic E-state index is 13.2. The van der Waals surface area contributed by atoms with Gasteiger partial charge in [-0.25, -0.2) is 4.39 Å². The second-order valence-electron chi connectivity index (χ2n) is 5.34. The summed E-state index contributed by atoms with van der Waals surface area (Å²) in [6.45, 7) is 1.79. The number of hydrogen-bond acceptors (Lipinski definition) is 4. The number of rotatable bonds is 6. The first kappa shape index (κ1) is 17.4. The zero-order chi connectivity index (χ0) is 17.7. The van der Waals surface area contributed by atoms with Crippen molar-refractivity contribution in [1.29, 1.82) is 0 Å². The SMILES string of the molecule is C[C@H](Oc1cccc([N+](=O)[O-])c1)C(=O)N(C)Cc1cccc(F)c1. The van der Waals surface area contributed by atoms with E-state index >= 15 is 0 Å². The third-order valence-electron chi connectivity index (χ3n) is 3.37. The average Bonchev–Trinajstić information content (AvgIpc) is 2.54. The first-order chi connectivity index (χ1) is 11.4. The molecule has 0 heterocycles. The van der Waals surface area contributed by atoms with Crippen LogP contribution in [0, 0.1) is 15.9 Å². The number of nitro groups is 1. The summed E-state index contributed by atoms with van der Waals surface area (Å²) in [7, 11) is 1.58. The van der Waals surface area contributed by atoms with Gasteiger partial charge in [-0.15, -0.1) is 0 Å². The standard InChI is InChI=1S/C17H17FN2O4/c1-12(24-16-8-4-7-15(10-16)20(22)23)17(21)19(2)11-13-5-3-6-14(18)9-13/h3-10,12H,11H2,1-2H3/t12-/m0/s1. The Morgan fingerprint density at radius 1 is 1.29 bits per heavy atom. The number of carbonyl (C=O) groups is 1. The summed E-state index contributed by atoms with van der Waals surface area (Å²) in [6.07, 6.45) is -0.828. The van der Waals surface area contributed by atoms with Gasteiger partial charge in [0.2, 0.25) is 0 Å². The van der Waals surface area contributed by atoms with E-state index < -0.39 is 11.0 Å². The van der Waals surface area contributed by atoms with Crippen LogP contribution in [0.3, 0.4) is 0 Å². The van der Waals surface area contributed by atoms with Crippen LogP contribution in [-0.4, -0.2) is 28.9 Å². The number of hydrogen-bond donors (Lipinski definition) is 0. The molecule has 2 aromatic rings. The van der Waals surface area contributed by atoms with E-state index in [1.165, 1.54) is 35.2 Å². The summed E-state index contributed by atoms with van der Waals surface area (Å²) in [6, 6.07) is 11.6. The lowest BCUT2D eigenvalue weighted by Gasteiger charge is -2.22. The molecule has 24 heavy (non-hydrogen) atoms. The lowest BCUT2D eigenvalue weighted by molar-refractivity contribution is -0.384. The number of ether oxygens (including phenoxy) is 1. The Bertz CT molecular complexity index is 751. The molecule has 126 valence electrons. The molecule has 0 fully saturated rings. The number of non-ortho nitro benzene ring substituents is 1. The molecule has 6 nitrogen and oxygen atoms in total. The second-order valence-corrected chi connectivity index (χ2v) is 5.34. The lowest BCUT2D eigenvalue weighted by atomic mass is 10.2. The van der Waals surface area contributed by atoms with Crippen LogP contribution in [0.1, 0.15) is 12.5 Å². The van der Waals surface area contributed by atoms with Crippen molar-refractivity contribution in [2.75, 3.05) is 7.05 Å². The van der Waals surface area contributed by atoms with Crippen molar-refractivity contribution in [3.63, 3.8) is 0 Å². The van der Waals surface area contributed by atoms with Gasteiger partial charge in [0.15, 0.2) is 6.10 Å². The minimum Gasteiger partial charge on any atom is -0.481 e. The molecule has 0 N–H and O–H groups in total. The Hall–Kier alpha value is -2.96. The van der Waals surface area contributed by atoms with Crippen LogP contribution in [0.15, 0.2) is 48.5 Å². The van der Waals surface area contributed by atoms with Crippen molar-refractivity contribution in [1.82, 2.24) is 4.90 Å². The fourth-order valence-electron chi connectivity index (χ4n) is 2.22. The smallest absolute Gasteiger partial charge is 0.273 e. The quantitative estimate of drug-likeness (QED) is 0.602. The molecule has 0 saturated carbocycles. The maximum atomic E-state index is 13.2. The Balaban J connectivity index is 2.00. The van der Waals surface area contributed by atoms with Crippen molar-refractivity contribution < 1.29 is 18.8 Å². The number of nitrogens with zero attached hydrogens (tertiary/aromatic N) is 2. The number of halogens is 1. The predicted molar refractivity (Wildman–Crippen MR) is 86.1 cm³/mol. The van der Waals surface area contributed by atoms with E-state index in [1.54, 1.807) is 32.2 Å². The monoisotopic (exact) mass is 332 g/mol. The molecule has 0 spiro atoms. The first-order valence-electron chi connectivity index (χ1n) is 7.27. The Kier molecular flexibility index (Phi) is 5.47. The molecule has 1 atom stereocenters. The molecule has 0 aromatic heterocycles. The number of likely N-dealkylation sites (N-methyl/N-ethyl adjacent to an activating group) is 1. The van der Waals surface area contributed by atoms with Crippen LogP contribution < -0.4 is 4.74 Å². The third-order valence-corrected chi connectivity index (χ3v) is 3.37. The van der Waals surface area contributed by atoms with E-state index in [2.05, 4.69) is 0 Å². The molecule has 2 rings (SSSR count). The fraction of sp³-hybridized carbons (Fsp3) is 0.235. The van der Waals surface area contributed by atoms with Crippen LogP contribution in [0.4, 0.5) is 10.1 Å². The van der Waals surface area contributed by atoms with E-state index in [9.17, 15) is 19.3 Å². The van der Waals surface area contributed by atoms with Gasteiger partial charge in [-0.2, -0.15) is 0 Å². The Labute approximate surface area is 138 Å². The van der Waals surface area contributed by atoms with Crippen LogP contribution in [0.25, 0.3) is 0 Å². The van der Waals surface area contributed by atoms with Gasteiger partial charge in [0.05, 0.1) is 11.0 Å². The van der Waals surface area contributed by atoms with E-state index in [-0.39, 0.29) is 29.7 Å². The molecule has 0 aliphatic heterocycles. The highest BCUT2D eigenvalue weighted by Gasteiger charge is 2.20. The molecule has 0 bridgehead atoms. The zero-order valence-electron chi connectivity index (χ0n) is 13.3. The molecule has 7 heteroatoms. The van der Waals surface area contributed by atoms with Crippen molar-refractivity contribution >= 4 is 11.6 Å². The number of amides is 1. The number of carbonyl (C=O) groups excluding carboxylic acids is 1. The summed E-state index contributed by atoms with van der Waals surface area (Å²) in [4.78, 5) is 24.0. The van der Waals surface area contributed by atoms with E-state index in [4.69, 9.17) is 4.74 Å². The molecule has 0 aliphatic carbocycles. The minimum absolute atomic E-state index is 0.111. The van der Waals surface area contributed by atoms with Gasteiger partial charge >= 0.3 is 0 Å². The lowest BCUT2D eigenvalue weighted by Crippen LogP contribution is -2.37. The summed E-state index contributed by atoms with van der Waals surface area (Å²) < 4.78 is 18.7. The Morgan fingerprint density at radius 2 is 2.00 bits per heavy atom. The fourth-order valence-corrected chi connectivity index (χ4v) is 2.22. The molecule has 2 aromatic carbocycles. The molecule has 1 amide bonds. The van der Waals surface area contributed by atoms with Crippen molar-refractivity contribution in [2.45, 2.75) is 19.6 Å². The van der Waals surface area contributed by atoms with Crippen LogP contribution in [-0.2, 0) is 11.3 Å². The van der Waals surface area contributed by atoms with Gasteiger partial charge in [0.1, 0.15) is 11.6 Å². The zero-order valence-corrected chi connectivity index (χ0v) is 13.3. The average molecular weight is 332 g/mol. The van der Waals surface area contributed by atoms with E-state index in [0.29, 0.717) is 5.56 Å². The summed E-state index contributed by atoms with van der Waals surface area (Å²) in [5.74, 6) is -0.441. The Morgan fingerprint density at radius 3 is 2.67 bits per heavy atom. The van der Waals surface area contributed by atoms with Gasteiger partial charge in [-0.05, 0) is 30.7 Å². The third kappa shape index (κ3) is 4.52. The van der Waals surface area contributed by atoms with E-state index in [1.807, 2.05) is 0 Å². The van der Waals surface area contributed by atoms with Crippen LogP contribution in [0.2, 0.25) is 0 Å². The maximum Gasteiger partial charge on any atom is 0.273 e. The highest BCUT2D eigenvalue weighted by Crippen LogP contribution is 2.20. The van der Waals surface area contributed by atoms with Gasteiger partial charge in [0.25, 0.3) is 11.6 Å². The number of benzene rings is 2. The topological polar surface area (TPSA) is 72.7 Å². The largest absolute Gasteiger partial charge is 0.481 e. The van der Waals surface area contributed by atoms with Crippen LogP contribution in [0.5, 0.6) is 5.75 Å². The highest BCUT2D eigenvalue weighted by molar-refractivity contribution is 5.80. The molecular weight excluding hydrogens is 315 g/mol. The van der Waals surface area contributed by atoms with Gasteiger partial charge in [0, 0.05) is 19.7 Å². The first-order valence-corrected chi connectivity index (χ1v) is 7.27. The normalized spacial score (nSPS) is 11.6. The molecular formula is C17H17FN2O4. The van der Waals surface area contributed by atoms with Gasteiger partial charge in [-0.3, -0.25) is 14.9 Å². The van der Waals surface area contributed by atoms with Crippen molar-refractivity contribution in [3.8, 4) is 5.75 Å². The summed E-state index contributed by atoms with van der Waals surface area (Å²) in [5.41, 5.74) is 0.550. The molecule has 0 saturated heterocycles. The summed E-state index contributed by atoms with van der Waals surface area (Å²) >= 11 is 0. The summed E-state index contributed by atoms with van der Waals surface area (Å²) in [5, 5.41) is 10.8. The minimum atomic E-state index is -0.828. The van der Waals surface area contributed by atoms with E-state index in [0.717, 1.165) is 0 Å². The van der Waals surface area contributed by atoms with Crippen molar-refractivity contribution in [3.05, 3.63) is 70.0 Å². The molecule has 0 aliphatic rings. The van der Waals surface area contributed by atoms with Gasteiger partial charge in [-0.1, -0.05) is 18.2 Å². The van der Waals surface area contributed by atoms with Gasteiger partial charge < -0.3 is 9.64 Å². The highest BCUT2D eigenvalue weighted by atomic mass is 19.1. The molecule has 0 unspecified atom stereocenters. The number of nitro benzene ring substituents is 1. The van der Waals surface area contributed by atoms with Crippen molar-refractivity contribution in [2.24, 2.45) is 0 Å². The predicted octanol–water partition coefficient (Wildman–Crippen LogP) is 3.16.